The van der Waals surface area contributed by atoms with Crippen LogP contribution >= 0.6 is 11.6 Å². The molecule has 3 N–H and O–H groups in total. The number of aromatic amines is 1. The quantitative estimate of drug-likeness (QED) is 0.169. The highest BCUT2D eigenvalue weighted by Crippen LogP contribution is 2.18. The molecule has 0 unspecified atom stereocenters. The molecular weight excluding hydrogens is 742 g/mol. The molecule has 52 heavy (non-hydrogen) atoms. The molecule has 0 radical (unpaired) electrons. The fourth-order valence-electron chi connectivity index (χ4n) is 4.73. The van der Waals surface area contributed by atoms with E-state index >= 15 is 0 Å². The molecule has 0 spiro atoms. The number of hydrogen-bond donors (Lipinski definition) is 3. The third-order valence-electron chi connectivity index (χ3n) is 6.74. The molecule has 8 heterocycles. The van der Waals surface area contributed by atoms with Crippen molar-refractivity contribution in [1.82, 2.24) is 67.5 Å². The molecule has 8 aromatic heterocycles. The summed E-state index contributed by atoms with van der Waals surface area (Å²) >= 11 is 4.64. The van der Waals surface area contributed by atoms with E-state index in [1.54, 1.807) is 23.6 Å². The standard InChI is InChI=1S/C9H11N5O3S.C9H9N5O2S.C8H7N5.C2H3ClO/c1-6(15)12-13-8-5-10-9-7(11-8)3-4-14(9)18(2,16)17;1-6-11-12-8-5-10-9-7(14(6)8)3-4-13(9)17(2,15)16;1-5-11-12-7-4-10-8-6(13(5)7)2-3-9-8;1-2(3)4/h3-5H,1-2H3,(H,11,13)(H,12,15);3-5H,1-2H3;2-4,9H,1H3;1H3. The van der Waals surface area contributed by atoms with E-state index < -0.39 is 20.0 Å². The number of rotatable bonds is 4. The Kier molecular flexibility index (Phi) is 10.5. The predicted molar refractivity (Wildman–Crippen MR) is 190 cm³/mol. The van der Waals surface area contributed by atoms with Crippen molar-refractivity contribution in [2.45, 2.75) is 27.7 Å². The maximum absolute atomic E-state index is 11.5. The summed E-state index contributed by atoms with van der Waals surface area (Å²) in [5.74, 6) is 1.62. The van der Waals surface area contributed by atoms with Crippen molar-refractivity contribution in [3.63, 3.8) is 0 Å². The van der Waals surface area contributed by atoms with Gasteiger partial charge < -0.3 is 4.98 Å². The normalized spacial score (nSPS) is 11.4. The molecule has 0 aliphatic rings. The van der Waals surface area contributed by atoms with Crippen molar-refractivity contribution in [3.8, 4) is 0 Å². The van der Waals surface area contributed by atoms with E-state index in [0.717, 1.165) is 43.1 Å². The Morgan fingerprint density at radius 1 is 0.750 bits per heavy atom. The number of H-pyrrole nitrogens is 1. The van der Waals surface area contributed by atoms with Gasteiger partial charge in [-0.15, -0.1) is 20.4 Å². The van der Waals surface area contributed by atoms with Crippen LogP contribution in [0.1, 0.15) is 25.5 Å². The molecule has 0 atom stereocenters. The molecule has 0 fully saturated rings. The Bertz CT molecular complexity index is 2820. The first-order valence-corrected chi connectivity index (χ1v) is 18.8. The number of nitrogens with one attached hydrogen (secondary N) is 3. The van der Waals surface area contributed by atoms with Crippen molar-refractivity contribution in [2.75, 3.05) is 17.9 Å². The van der Waals surface area contributed by atoms with Crippen LogP contribution in [0, 0.1) is 13.8 Å². The first kappa shape index (κ1) is 37.2. The minimum absolute atomic E-state index is 0.242. The zero-order valence-electron chi connectivity index (χ0n) is 28.2. The van der Waals surface area contributed by atoms with Crippen molar-refractivity contribution in [3.05, 3.63) is 67.0 Å². The number of hydrogen-bond acceptors (Lipinski definition) is 15. The number of halogens is 1. The highest BCUT2D eigenvalue weighted by atomic mass is 35.5. The largest absolute Gasteiger partial charge is 0.345 e. The third-order valence-corrected chi connectivity index (χ3v) is 8.76. The molecule has 21 nitrogen and oxygen atoms in total. The molecule has 24 heteroatoms. The van der Waals surface area contributed by atoms with E-state index in [-0.39, 0.29) is 16.8 Å². The minimum Gasteiger partial charge on any atom is -0.345 e. The number of anilines is 1. The van der Waals surface area contributed by atoms with E-state index in [4.69, 9.17) is 0 Å². The van der Waals surface area contributed by atoms with Gasteiger partial charge in [0.25, 0.3) is 0 Å². The lowest BCUT2D eigenvalue weighted by atomic mass is 10.5. The fraction of sp³-hybridized carbons (Fsp3) is 0.214. The fourth-order valence-corrected chi connectivity index (χ4v) is 6.20. The SMILES string of the molecule is CC(=O)Cl.CC(=O)NNc1cnc2c(ccn2S(C)(=O)=O)n1.Cc1nnc2cnc3[nH]ccc3n12.Cc1nnc2cnc3c(ccn3S(C)(=O)=O)n12. The number of carbonyl (C=O) groups excluding carboxylic acids is 2. The molecule has 8 rings (SSSR count). The average Bonchev–Trinajstić information content (AvgIpc) is 3.89. The minimum atomic E-state index is -3.40. The van der Waals surface area contributed by atoms with Gasteiger partial charge in [-0.3, -0.25) is 29.2 Å². The second-order valence-corrected chi connectivity index (χ2v) is 15.1. The summed E-state index contributed by atoms with van der Waals surface area (Å²) < 4.78 is 51.9. The lowest BCUT2D eigenvalue weighted by Gasteiger charge is -2.05. The second-order valence-electron chi connectivity index (χ2n) is 10.8. The summed E-state index contributed by atoms with van der Waals surface area (Å²) in [6.07, 6.45) is 11.5. The number of fused-ring (bicyclic) bond motifs is 7. The van der Waals surface area contributed by atoms with E-state index in [0.29, 0.717) is 34.0 Å². The Morgan fingerprint density at radius 2 is 1.29 bits per heavy atom. The second kappa shape index (κ2) is 14.7. The number of nitrogens with zero attached hydrogens (tertiary/aromatic N) is 12. The van der Waals surface area contributed by atoms with Gasteiger partial charge in [-0.25, -0.2) is 44.7 Å². The van der Waals surface area contributed by atoms with Gasteiger partial charge in [0.1, 0.15) is 17.2 Å². The Balaban J connectivity index is 0.000000145. The summed E-state index contributed by atoms with van der Waals surface area (Å²) in [5, 5.41) is 15.5. The van der Waals surface area contributed by atoms with Crippen LogP contribution in [0.25, 0.3) is 44.8 Å². The van der Waals surface area contributed by atoms with Gasteiger partial charge in [0.05, 0.1) is 42.1 Å². The Hall–Kier alpha value is -6.07. The maximum Gasteiger partial charge on any atom is 0.237 e. The number of aromatic nitrogens is 13. The average molecular weight is 772 g/mol. The number of carbonyl (C=O) groups is 2. The summed E-state index contributed by atoms with van der Waals surface area (Å²) in [6.45, 7) is 6.37. The lowest BCUT2D eigenvalue weighted by molar-refractivity contribution is -0.118. The number of aryl methyl sites for hydroxylation is 2. The predicted octanol–water partition coefficient (Wildman–Crippen LogP) is 1.58. The van der Waals surface area contributed by atoms with Gasteiger partial charge in [0, 0.05) is 32.4 Å². The van der Waals surface area contributed by atoms with Crippen LogP contribution < -0.4 is 10.9 Å². The lowest BCUT2D eigenvalue weighted by Crippen LogP contribution is -2.27. The first-order valence-electron chi connectivity index (χ1n) is 14.7. The van der Waals surface area contributed by atoms with E-state index in [1.807, 2.05) is 23.6 Å². The van der Waals surface area contributed by atoms with Crippen LogP contribution in [-0.2, 0) is 29.6 Å². The Morgan fingerprint density at radius 3 is 1.88 bits per heavy atom. The number of hydrazine groups is 1. The van der Waals surface area contributed by atoms with Crippen molar-refractivity contribution >= 4 is 93.4 Å². The molecule has 0 aromatic carbocycles. The highest BCUT2D eigenvalue weighted by Gasteiger charge is 2.15. The molecule has 0 aliphatic carbocycles. The Labute approximate surface area is 299 Å². The molecule has 8 aromatic rings. The maximum atomic E-state index is 11.5. The third kappa shape index (κ3) is 8.11. The first-order chi connectivity index (χ1) is 24.5. The van der Waals surface area contributed by atoms with Crippen molar-refractivity contribution in [2.24, 2.45) is 0 Å². The van der Waals surface area contributed by atoms with E-state index in [2.05, 4.69) is 67.8 Å². The summed E-state index contributed by atoms with van der Waals surface area (Å²) in [6, 6.07) is 5.18. The van der Waals surface area contributed by atoms with E-state index in [9.17, 15) is 26.4 Å². The van der Waals surface area contributed by atoms with Gasteiger partial charge in [0.2, 0.25) is 31.2 Å². The summed E-state index contributed by atoms with van der Waals surface area (Å²) in [4.78, 5) is 39.4. The van der Waals surface area contributed by atoms with Crippen LogP contribution in [0.3, 0.4) is 0 Å². The van der Waals surface area contributed by atoms with Crippen molar-refractivity contribution < 1.29 is 26.4 Å². The molecule has 0 aliphatic heterocycles. The van der Waals surface area contributed by atoms with Gasteiger partial charge in [0.15, 0.2) is 34.1 Å². The zero-order valence-corrected chi connectivity index (χ0v) is 30.6. The van der Waals surface area contributed by atoms with Gasteiger partial charge >= 0.3 is 0 Å². The monoisotopic (exact) mass is 771 g/mol. The van der Waals surface area contributed by atoms with Crippen LogP contribution in [0.5, 0.6) is 0 Å². The van der Waals surface area contributed by atoms with Crippen LogP contribution in [0.15, 0.2) is 55.4 Å². The van der Waals surface area contributed by atoms with Gasteiger partial charge in [-0.1, -0.05) is 0 Å². The van der Waals surface area contributed by atoms with E-state index in [1.165, 1.54) is 44.7 Å². The molecule has 272 valence electrons. The van der Waals surface area contributed by atoms with Gasteiger partial charge in [-0.05, 0) is 43.6 Å². The molecule has 0 saturated carbocycles. The van der Waals surface area contributed by atoms with Crippen molar-refractivity contribution in [1.29, 1.82) is 0 Å². The van der Waals surface area contributed by atoms with Crippen LogP contribution in [0.4, 0.5) is 5.82 Å². The summed E-state index contributed by atoms with van der Waals surface area (Å²) in [7, 11) is -6.75. The van der Waals surface area contributed by atoms with Crippen LogP contribution in [-0.4, -0.2) is 103 Å². The zero-order chi connectivity index (χ0) is 38.0. The molecule has 0 saturated heterocycles. The molecule has 0 bridgehead atoms. The van der Waals surface area contributed by atoms with Gasteiger partial charge in [-0.2, -0.15) is 0 Å². The van der Waals surface area contributed by atoms with Crippen LogP contribution in [0.2, 0.25) is 0 Å². The number of amides is 1. The molecular formula is C28H30ClN15O6S2. The molecule has 1 amide bonds. The summed E-state index contributed by atoms with van der Waals surface area (Å²) in [5.41, 5.74) is 9.86. The smallest absolute Gasteiger partial charge is 0.237 e. The highest BCUT2D eigenvalue weighted by molar-refractivity contribution is 7.89. The topological polar surface area (TPSA) is 264 Å².